The van der Waals surface area contributed by atoms with Crippen LogP contribution in [0.2, 0.25) is 0 Å². The van der Waals surface area contributed by atoms with E-state index in [1.807, 2.05) is 18.4 Å². The van der Waals surface area contributed by atoms with E-state index in [1.165, 1.54) is 13.2 Å². The summed E-state index contributed by atoms with van der Waals surface area (Å²) in [5.74, 6) is -0.0883. The number of carbonyl (C=O) groups is 3. The summed E-state index contributed by atoms with van der Waals surface area (Å²) < 4.78 is 22.3. The number of ketones is 1. The Morgan fingerprint density at radius 3 is 2.47 bits per heavy atom. The third-order valence-electron chi connectivity index (χ3n) is 5.43. The van der Waals surface area contributed by atoms with Crippen molar-refractivity contribution >= 4 is 23.8 Å². The second kappa shape index (κ2) is 9.66. The van der Waals surface area contributed by atoms with Gasteiger partial charge in [0.25, 0.3) is 0 Å². The van der Waals surface area contributed by atoms with E-state index in [0.717, 1.165) is 16.9 Å². The summed E-state index contributed by atoms with van der Waals surface area (Å²) in [7, 11) is 1.33. The molecular weight excluding hydrogens is 438 g/mol. The molecule has 8 heteroatoms. The average Bonchev–Trinajstić information content (AvgIpc) is 3.44. The lowest BCUT2D eigenvalue weighted by atomic mass is 10.1. The maximum absolute atomic E-state index is 12.7. The van der Waals surface area contributed by atoms with Crippen LogP contribution in [0.3, 0.4) is 0 Å². The fourth-order valence-electron chi connectivity index (χ4n) is 3.75. The molecule has 0 unspecified atom stereocenters. The minimum atomic E-state index is -0.627. The molecule has 3 aromatic rings. The van der Waals surface area contributed by atoms with Crippen LogP contribution in [-0.2, 0) is 14.3 Å². The van der Waals surface area contributed by atoms with E-state index in [-0.39, 0.29) is 19.2 Å². The number of aromatic nitrogens is 1. The largest absolute Gasteiger partial charge is 0.465 e. The van der Waals surface area contributed by atoms with Crippen molar-refractivity contribution in [2.75, 3.05) is 20.5 Å². The molecular formula is C26H23NO7. The zero-order valence-corrected chi connectivity index (χ0v) is 19.0. The minimum absolute atomic E-state index is 0.173. The van der Waals surface area contributed by atoms with Gasteiger partial charge in [-0.2, -0.15) is 0 Å². The number of ether oxygens (including phenoxy) is 4. The van der Waals surface area contributed by atoms with Crippen LogP contribution in [0, 0.1) is 13.8 Å². The summed E-state index contributed by atoms with van der Waals surface area (Å²) in [6.45, 7) is 3.48. The second-order valence-corrected chi connectivity index (χ2v) is 7.64. The molecule has 1 aliphatic heterocycles. The van der Waals surface area contributed by atoms with Crippen LogP contribution in [-0.4, -0.2) is 42.8 Å². The molecule has 0 atom stereocenters. The predicted molar refractivity (Wildman–Crippen MR) is 123 cm³/mol. The molecule has 0 fully saturated rings. The summed E-state index contributed by atoms with van der Waals surface area (Å²) in [6, 6.07) is 13.9. The highest BCUT2D eigenvalue weighted by atomic mass is 16.7. The Bertz CT molecular complexity index is 1290. The van der Waals surface area contributed by atoms with Gasteiger partial charge in [-0.1, -0.05) is 6.07 Å². The predicted octanol–water partition coefficient (Wildman–Crippen LogP) is 4.05. The highest BCUT2D eigenvalue weighted by Crippen LogP contribution is 2.32. The zero-order valence-electron chi connectivity index (χ0n) is 19.0. The lowest BCUT2D eigenvalue weighted by Gasteiger charge is -2.10. The van der Waals surface area contributed by atoms with E-state index in [4.69, 9.17) is 18.9 Å². The topological polar surface area (TPSA) is 93.1 Å². The molecule has 0 aliphatic carbocycles. The third kappa shape index (κ3) is 4.71. The van der Waals surface area contributed by atoms with Crippen LogP contribution >= 0.6 is 0 Å². The van der Waals surface area contributed by atoms with Crippen LogP contribution < -0.4 is 9.47 Å². The van der Waals surface area contributed by atoms with Gasteiger partial charge < -0.3 is 23.5 Å². The van der Waals surface area contributed by atoms with E-state index < -0.39 is 11.9 Å². The fraction of sp³-hybridized carbons (Fsp3) is 0.192. The van der Waals surface area contributed by atoms with Gasteiger partial charge in [0, 0.05) is 28.7 Å². The van der Waals surface area contributed by atoms with Crippen molar-refractivity contribution in [3.05, 3.63) is 82.7 Å². The first-order valence-electron chi connectivity index (χ1n) is 10.5. The molecule has 174 valence electrons. The number of esters is 2. The van der Waals surface area contributed by atoms with Crippen molar-refractivity contribution in [3.8, 4) is 17.2 Å². The van der Waals surface area contributed by atoms with Crippen LogP contribution in [0.1, 0.15) is 37.7 Å². The first-order valence-corrected chi connectivity index (χ1v) is 10.5. The van der Waals surface area contributed by atoms with Gasteiger partial charge in [0.1, 0.15) is 0 Å². The van der Waals surface area contributed by atoms with Crippen LogP contribution in [0.25, 0.3) is 11.8 Å². The standard InChI is InChI=1S/C26H23NO7/c1-16-12-21(17(2)27(16)20-8-6-19(7-9-20)26(30)31-3)22(28)14-32-25(29)11-5-18-4-10-23-24(13-18)34-15-33-23/h4-13H,14-15H2,1-3H3. The Morgan fingerprint density at radius 2 is 1.74 bits per heavy atom. The van der Waals surface area contributed by atoms with Gasteiger partial charge in [-0.05, 0) is 68.0 Å². The molecule has 2 aromatic carbocycles. The monoisotopic (exact) mass is 461 g/mol. The SMILES string of the molecule is COC(=O)c1ccc(-n2c(C)cc(C(=O)COC(=O)C=Cc3ccc4c(c3)OCO4)c2C)cc1. The average molecular weight is 461 g/mol. The third-order valence-corrected chi connectivity index (χ3v) is 5.43. The molecule has 4 rings (SSSR count). The Labute approximate surface area is 196 Å². The highest BCUT2D eigenvalue weighted by molar-refractivity contribution is 6.00. The van der Waals surface area contributed by atoms with Crippen LogP contribution in [0.5, 0.6) is 11.5 Å². The summed E-state index contributed by atoms with van der Waals surface area (Å²) in [4.78, 5) is 36.5. The number of methoxy groups -OCH3 is 1. The van der Waals surface area contributed by atoms with Gasteiger partial charge in [-0.3, -0.25) is 4.79 Å². The van der Waals surface area contributed by atoms with Crippen molar-refractivity contribution in [2.24, 2.45) is 0 Å². The molecule has 2 heterocycles. The molecule has 0 bridgehead atoms. The number of hydrogen-bond donors (Lipinski definition) is 0. The summed E-state index contributed by atoms with van der Waals surface area (Å²) >= 11 is 0. The lowest BCUT2D eigenvalue weighted by Crippen LogP contribution is -2.13. The molecule has 8 nitrogen and oxygen atoms in total. The van der Waals surface area contributed by atoms with E-state index in [9.17, 15) is 14.4 Å². The second-order valence-electron chi connectivity index (χ2n) is 7.64. The molecule has 0 N–H and O–H groups in total. The summed E-state index contributed by atoms with van der Waals surface area (Å²) in [5.41, 5.74) is 3.98. The fourth-order valence-corrected chi connectivity index (χ4v) is 3.75. The molecule has 1 aromatic heterocycles. The Hall–Kier alpha value is -4.33. The van der Waals surface area contributed by atoms with Gasteiger partial charge in [-0.15, -0.1) is 0 Å². The first kappa shape index (κ1) is 22.8. The zero-order chi connectivity index (χ0) is 24.2. The Morgan fingerprint density at radius 1 is 1.00 bits per heavy atom. The highest BCUT2D eigenvalue weighted by Gasteiger charge is 2.18. The number of nitrogens with zero attached hydrogens (tertiary/aromatic N) is 1. The molecule has 0 saturated heterocycles. The van der Waals surface area contributed by atoms with Gasteiger partial charge in [-0.25, -0.2) is 9.59 Å². The maximum atomic E-state index is 12.7. The maximum Gasteiger partial charge on any atom is 0.337 e. The van der Waals surface area contributed by atoms with E-state index >= 15 is 0 Å². The number of Topliss-reactive ketones (excluding diaryl/α,β-unsaturated/α-hetero) is 1. The smallest absolute Gasteiger partial charge is 0.337 e. The Balaban J connectivity index is 1.40. The lowest BCUT2D eigenvalue weighted by molar-refractivity contribution is -0.136. The molecule has 34 heavy (non-hydrogen) atoms. The molecule has 1 aliphatic rings. The van der Waals surface area contributed by atoms with E-state index in [0.29, 0.717) is 28.3 Å². The summed E-state index contributed by atoms with van der Waals surface area (Å²) in [6.07, 6.45) is 2.84. The van der Waals surface area contributed by atoms with Gasteiger partial charge in [0.05, 0.1) is 12.7 Å². The van der Waals surface area contributed by atoms with E-state index in [1.54, 1.807) is 54.6 Å². The van der Waals surface area contributed by atoms with Crippen LogP contribution in [0.15, 0.2) is 54.6 Å². The molecule has 0 amide bonds. The molecule has 0 saturated carbocycles. The minimum Gasteiger partial charge on any atom is -0.465 e. The molecule has 0 radical (unpaired) electrons. The molecule has 0 spiro atoms. The van der Waals surface area contributed by atoms with Crippen molar-refractivity contribution in [3.63, 3.8) is 0 Å². The number of carbonyl (C=O) groups excluding carboxylic acids is 3. The number of fused-ring (bicyclic) bond motifs is 1. The number of aryl methyl sites for hydroxylation is 1. The quantitative estimate of drug-likeness (QED) is 0.298. The van der Waals surface area contributed by atoms with Crippen molar-refractivity contribution in [1.29, 1.82) is 0 Å². The van der Waals surface area contributed by atoms with Crippen molar-refractivity contribution < 1.29 is 33.3 Å². The number of hydrogen-bond acceptors (Lipinski definition) is 7. The first-order chi connectivity index (χ1) is 16.4. The Kier molecular flexibility index (Phi) is 6.49. The van der Waals surface area contributed by atoms with Crippen molar-refractivity contribution in [1.82, 2.24) is 4.57 Å². The van der Waals surface area contributed by atoms with Gasteiger partial charge >= 0.3 is 11.9 Å². The van der Waals surface area contributed by atoms with Crippen LogP contribution in [0.4, 0.5) is 0 Å². The number of benzene rings is 2. The summed E-state index contributed by atoms with van der Waals surface area (Å²) in [5, 5.41) is 0. The van der Waals surface area contributed by atoms with Crippen molar-refractivity contribution in [2.45, 2.75) is 13.8 Å². The van der Waals surface area contributed by atoms with Gasteiger partial charge in [0.2, 0.25) is 12.6 Å². The normalized spacial score (nSPS) is 12.1. The van der Waals surface area contributed by atoms with Gasteiger partial charge in [0.15, 0.2) is 18.1 Å². The van der Waals surface area contributed by atoms with E-state index in [2.05, 4.69) is 0 Å². The number of rotatable bonds is 7.